The van der Waals surface area contributed by atoms with Crippen LogP contribution in [0.3, 0.4) is 0 Å². The Bertz CT molecular complexity index is 745. The molecule has 2 aliphatic carbocycles. The van der Waals surface area contributed by atoms with Crippen LogP contribution in [0.1, 0.15) is 69.5 Å². The monoisotopic (exact) mass is 415 g/mol. The third-order valence-corrected chi connectivity index (χ3v) is 7.43. The van der Waals surface area contributed by atoms with Crippen molar-refractivity contribution >= 4 is 28.7 Å². The minimum absolute atomic E-state index is 0.0320. The van der Waals surface area contributed by atoms with Crippen LogP contribution in [-0.2, 0) is 14.4 Å². The first-order valence-corrected chi connectivity index (χ1v) is 11.8. The van der Waals surface area contributed by atoms with E-state index in [1.807, 2.05) is 18.2 Å². The number of thioether (sulfide) groups is 1. The number of nitrogens with one attached hydrogen (secondary N) is 1. The average Bonchev–Trinajstić information content (AvgIpc) is 3.49. The molecule has 0 radical (unpaired) electrons. The normalized spacial score (nSPS) is 24.0. The molecule has 4 rings (SSSR count). The fourth-order valence-electron chi connectivity index (χ4n) is 4.87. The van der Waals surface area contributed by atoms with Crippen molar-refractivity contribution in [2.24, 2.45) is 5.92 Å². The van der Waals surface area contributed by atoms with Crippen molar-refractivity contribution in [3.05, 3.63) is 30.1 Å². The Balaban J connectivity index is 1.65. The zero-order valence-electron chi connectivity index (χ0n) is 16.7. The molecule has 1 aromatic heterocycles. The summed E-state index contributed by atoms with van der Waals surface area (Å²) in [6.45, 7) is 0. The van der Waals surface area contributed by atoms with Gasteiger partial charge in [0.2, 0.25) is 11.8 Å². The lowest BCUT2D eigenvalue weighted by atomic mass is 10.00. The van der Waals surface area contributed by atoms with E-state index in [-0.39, 0.29) is 41.4 Å². The van der Waals surface area contributed by atoms with Crippen LogP contribution < -0.4 is 5.32 Å². The van der Waals surface area contributed by atoms with Crippen LogP contribution >= 0.6 is 11.8 Å². The SMILES string of the molecule is O=C1C[C@H](C(=O)N(C2CCCC2)[C@H](C(=O)NC2CCCC2)c2ccccn2)CS1. The number of hydrogen-bond acceptors (Lipinski definition) is 5. The van der Waals surface area contributed by atoms with E-state index in [0.29, 0.717) is 11.4 Å². The molecule has 3 aliphatic rings. The zero-order chi connectivity index (χ0) is 20.2. The molecule has 1 N–H and O–H groups in total. The Morgan fingerprint density at radius 3 is 2.45 bits per heavy atom. The molecule has 2 amide bonds. The Labute approximate surface area is 176 Å². The quantitative estimate of drug-likeness (QED) is 0.772. The predicted molar refractivity (Wildman–Crippen MR) is 112 cm³/mol. The number of rotatable bonds is 6. The molecule has 2 heterocycles. The van der Waals surface area contributed by atoms with Crippen molar-refractivity contribution < 1.29 is 14.4 Å². The van der Waals surface area contributed by atoms with Gasteiger partial charge >= 0.3 is 0 Å². The molecule has 0 spiro atoms. The number of hydrogen-bond donors (Lipinski definition) is 1. The molecular formula is C22H29N3O3S. The molecule has 6 nitrogen and oxygen atoms in total. The lowest BCUT2D eigenvalue weighted by Gasteiger charge is -2.37. The second-order valence-electron chi connectivity index (χ2n) is 8.41. The number of carbonyl (C=O) groups is 3. The van der Waals surface area contributed by atoms with Crippen LogP contribution in [0.15, 0.2) is 24.4 Å². The van der Waals surface area contributed by atoms with Crippen LogP contribution in [0.4, 0.5) is 0 Å². The molecule has 1 saturated heterocycles. The summed E-state index contributed by atoms with van der Waals surface area (Å²) in [5.74, 6) is -0.0148. The Morgan fingerprint density at radius 2 is 1.83 bits per heavy atom. The predicted octanol–water partition coefficient (Wildman–Crippen LogP) is 3.23. The smallest absolute Gasteiger partial charge is 0.249 e. The van der Waals surface area contributed by atoms with Gasteiger partial charge in [0.1, 0.15) is 0 Å². The summed E-state index contributed by atoms with van der Waals surface area (Å²) in [7, 11) is 0. The summed E-state index contributed by atoms with van der Waals surface area (Å²) in [6, 6.07) is 5.01. The molecular weight excluding hydrogens is 386 g/mol. The lowest BCUT2D eigenvalue weighted by Crippen LogP contribution is -2.51. The van der Waals surface area contributed by atoms with Crippen LogP contribution in [0.5, 0.6) is 0 Å². The van der Waals surface area contributed by atoms with Gasteiger partial charge in [-0.05, 0) is 37.8 Å². The Kier molecular flexibility index (Phi) is 6.53. The van der Waals surface area contributed by atoms with Gasteiger partial charge in [-0.2, -0.15) is 0 Å². The molecule has 29 heavy (non-hydrogen) atoms. The van der Waals surface area contributed by atoms with Crippen molar-refractivity contribution in [3.63, 3.8) is 0 Å². The summed E-state index contributed by atoms with van der Waals surface area (Å²) in [6.07, 6.45) is 10.1. The highest BCUT2D eigenvalue weighted by atomic mass is 32.2. The molecule has 2 atom stereocenters. The Hall–Kier alpha value is -1.89. The van der Waals surface area contributed by atoms with Crippen LogP contribution in [0.2, 0.25) is 0 Å². The topological polar surface area (TPSA) is 79.4 Å². The van der Waals surface area contributed by atoms with Gasteiger partial charge in [-0.15, -0.1) is 0 Å². The van der Waals surface area contributed by atoms with E-state index in [9.17, 15) is 14.4 Å². The Morgan fingerprint density at radius 1 is 1.10 bits per heavy atom. The van der Waals surface area contributed by atoms with Crippen molar-refractivity contribution in [1.29, 1.82) is 0 Å². The van der Waals surface area contributed by atoms with E-state index >= 15 is 0 Å². The fourth-order valence-corrected chi connectivity index (χ4v) is 5.84. The first kappa shape index (κ1) is 20.4. The first-order valence-electron chi connectivity index (χ1n) is 10.8. The maximum atomic E-state index is 13.6. The van der Waals surface area contributed by atoms with Gasteiger partial charge < -0.3 is 10.2 Å². The van der Waals surface area contributed by atoms with E-state index < -0.39 is 6.04 Å². The third-order valence-electron chi connectivity index (χ3n) is 6.38. The summed E-state index contributed by atoms with van der Waals surface area (Å²) in [5.41, 5.74) is 0.611. The van der Waals surface area contributed by atoms with E-state index in [0.717, 1.165) is 51.4 Å². The fraction of sp³-hybridized carbons (Fsp3) is 0.636. The highest BCUT2D eigenvalue weighted by molar-refractivity contribution is 8.14. The molecule has 1 aromatic rings. The van der Waals surface area contributed by atoms with Crippen LogP contribution in [-0.4, -0.2) is 44.7 Å². The number of carbonyl (C=O) groups excluding carboxylic acids is 3. The van der Waals surface area contributed by atoms with Gasteiger partial charge in [-0.25, -0.2) is 0 Å². The largest absolute Gasteiger partial charge is 0.351 e. The van der Waals surface area contributed by atoms with Crippen LogP contribution in [0.25, 0.3) is 0 Å². The minimum atomic E-state index is -0.729. The first-order chi connectivity index (χ1) is 14.1. The second-order valence-corrected chi connectivity index (χ2v) is 9.49. The lowest BCUT2D eigenvalue weighted by molar-refractivity contribution is -0.147. The van der Waals surface area contributed by atoms with Crippen molar-refractivity contribution in [3.8, 4) is 0 Å². The molecule has 156 valence electrons. The zero-order valence-corrected chi connectivity index (χ0v) is 17.5. The minimum Gasteiger partial charge on any atom is -0.351 e. The summed E-state index contributed by atoms with van der Waals surface area (Å²) >= 11 is 1.23. The van der Waals surface area contributed by atoms with Gasteiger partial charge in [0, 0.05) is 30.5 Å². The molecule has 0 aromatic carbocycles. The van der Waals surface area contributed by atoms with Gasteiger partial charge in [-0.1, -0.05) is 43.5 Å². The number of pyridine rings is 1. The summed E-state index contributed by atoms with van der Waals surface area (Å²) in [4.78, 5) is 45.1. The summed E-state index contributed by atoms with van der Waals surface area (Å²) in [5, 5.41) is 3.26. The third kappa shape index (κ3) is 4.65. The van der Waals surface area contributed by atoms with E-state index in [2.05, 4.69) is 10.3 Å². The van der Waals surface area contributed by atoms with E-state index in [1.165, 1.54) is 11.8 Å². The molecule has 3 fully saturated rings. The standard InChI is InChI=1S/C22H29N3O3S/c26-19-13-15(14-29-19)22(28)25(17-9-3-4-10-17)20(18-11-5-6-12-23-18)21(27)24-16-7-1-2-8-16/h5-6,11-12,15-17,20H,1-4,7-10,13-14H2,(H,24,27)/t15-,20-/m0/s1. The van der Waals surface area contributed by atoms with E-state index in [1.54, 1.807) is 11.1 Å². The van der Waals surface area contributed by atoms with Crippen molar-refractivity contribution in [2.45, 2.75) is 75.9 Å². The highest BCUT2D eigenvalue weighted by Gasteiger charge is 2.43. The highest BCUT2D eigenvalue weighted by Crippen LogP contribution is 2.36. The maximum absolute atomic E-state index is 13.6. The number of nitrogens with zero attached hydrogens (tertiary/aromatic N) is 2. The molecule has 1 aliphatic heterocycles. The van der Waals surface area contributed by atoms with E-state index in [4.69, 9.17) is 0 Å². The number of amides is 2. The van der Waals surface area contributed by atoms with Crippen LogP contribution in [0, 0.1) is 5.92 Å². The van der Waals surface area contributed by atoms with Gasteiger partial charge in [0.25, 0.3) is 0 Å². The second kappa shape index (κ2) is 9.28. The average molecular weight is 416 g/mol. The molecule has 2 saturated carbocycles. The van der Waals surface area contributed by atoms with Crippen molar-refractivity contribution in [2.75, 3.05) is 5.75 Å². The number of aromatic nitrogens is 1. The van der Waals surface area contributed by atoms with Crippen molar-refractivity contribution in [1.82, 2.24) is 15.2 Å². The molecule has 7 heteroatoms. The molecule has 0 bridgehead atoms. The maximum Gasteiger partial charge on any atom is 0.249 e. The molecule has 0 unspecified atom stereocenters. The van der Waals surface area contributed by atoms with Gasteiger partial charge in [0.05, 0.1) is 11.6 Å². The van der Waals surface area contributed by atoms with Gasteiger partial charge in [0.15, 0.2) is 11.2 Å². The summed E-state index contributed by atoms with van der Waals surface area (Å²) < 4.78 is 0. The van der Waals surface area contributed by atoms with Gasteiger partial charge in [-0.3, -0.25) is 19.4 Å².